The number of carbonyl (C=O) groups excluding carboxylic acids is 1. The van der Waals surface area contributed by atoms with E-state index in [9.17, 15) is 13.8 Å². The molecule has 0 heterocycles. The zero-order valence-electron chi connectivity index (χ0n) is 9.60. The minimum absolute atomic E-state index is 0.00490. The molecule has 0 aromatic heterocycles. The minimum Gasteiger partial charge on any atom is -0.481 e. The van der Waals surface area contributed by atoms with Crippen molar-refractivity contribution in [3.8, 4) is 0 Å². The van der Waals surface area contributed by atoms with Crippen LogP contribution in [0.1, 0.15) is 33.1 Å². The van der Waals surface area contributed by atoms with Crippen LogP contribution in [0.15, 0.2) is 0 Å². The molecule has 0 saturated heterocycles. The molecule has 1 N–H and O–H groups in total. The number of aliphatic carboxylic acids is 1. The van der Waals surface area contributed by atoms with Crippen LogP contribution in [0.25, 0.3) is 0 Å². The number of hydrogen-bond donors (Lipinski definition) is 1. The lowest BCUT2D eigenvalue weighted by Crippen LogP contribution is -2.29. The van der Waals surface area contributed by atoms with Crippen LogP contribution in [-0.4, -0.2) is 38.9 Å². The first-order valence-electron chi connectivity index (χ1n) is 5.28. The molecule has 0 fully saturated rings. The fourth-order valence-corrected chi connectivity index (χ4v) is 2.40. The van der Waals surface area contributed by atoms with E-state index in [1.165, 1.54) is 0 Å². The van der Waals surface area contributed by atoms with Crippen LogP contribution in [0.3, 0.4) is 0 Å². The van der Waals surface area contributed by atoms with Crippen LogP contribution in [-0.2, 0) is 25.1 Å². The van der Waals surface area contributed by atoms with Gasteiger partial charge in [-0.3, -0.25) is 13.8 Å². The SMILES string of the molecule is CCCOC(=O)C(CC)S(=O)CCC(=O)O. The highest BCUT2D eigenvalue weighted by molar-refractivity contribution is 7.86. The molecule has 5 nitrogen and oxygen atoms in total. The van der Waals surface area contributed by atoms with Gasteiger partial charge in [-0.25, -0.2) is 0 Å². The highest BCUT2D eigenvalue weighted by Crippen LogP contribution is 2.07. The molecule has 16 heavy (non-hydrogen) atoms. The number of rotatable bonds is 8. The van der Waals surface area contributed by atoms with Crippen LogP contribution in [0.4, 0.5) is 0 Å². The van der Waals surface area contributed by atoms with Crippen molar-refractivity contribution < 1.29 is 23.6 Å². The fourth-order valence-electron chi connectivity index (χ4n) is 1.09. The first-order valence-corrected chi connectivity index (χ1v) is 6.66. The average molecular weight is 250 g/mol. The van der Waals surface area contributed by atoms with E-state index in [2.05, 4.69) is 0 Å². The number of carbonyl (C=O) groups is 2. The molecule has 2 atom stereocenters. The number of carboxylic acid groups (broad SMARTS) is 1. The van der Waals surface area contributed by atoms with Crippen molar-refractivity contribution in [3.05, 3.63) is 0 Å². The van der Waals surface area contributed by atoms with Crippen LogP contribution >= 0.6 is 0 Å². The van der Waals surface area contributed by atoms with E-state index in [0.717, 1.165) is 0 Å². The Morgan fingerprint density at radius 2 is 2.00 bits per heavy atom. The van der Waals surface area contributed by atoms with Gasteiger partial charge in [-0.1, -0.05) is 13.8 Å². The van der Waals surface area contributed by atoms with Gasteiger partial charge in [0.05, 0.1) is 13.0 Å². The summed E-state index contributed by atoms with van der Waals surface area (Å²) in [6.07, 6.45) is 0.920. The Balaban J connectivity index is 4.19. The van der Waals surface area contributed by atoms with E-state index in [1.807, 2.05) is 6.92 Å². The van der Waals surface area contributed by atoms with Crippen molar-refractivity contribution in [2.45, 2.75) is 38.4 Å². The molecule has 0 rings (SSSR count). The van der Waals surface area contributed by atoms with Crippen molar-refractivity contribution in [2.24, 2.45) is 0 Å². The van der Waals surface area contributed by atoms with Gasteiger partial charge in [0, 0.05) is 16.6 Å². The van der Waals surface area contributed by atoms with Gasteiger partial charge in [-0.05, 0) is 12.8 Å². The third-order valence-electron chi connectivity index (χ3n) is 1.92. The van der Waals surface area contributed by atoms with Gasteiger partial charge in [-0.15, -0.1) is 0 Å². The van der Waals surface area contributed by atoms with Crippen LogP contribution in [0.2, 0.25) is 0 Å². The summed E-state index contributed by atoms with van der Waals surface area (Å²) in [7, 11) is -1.47. The van der Waals surface area contributed by atoms with Gasteiger partial charge in [-0.2, -0.15) is 0 Å². The zero-order valence-corrected chi connectivity index (χ0v) is 10.4. The van der Waals surface area contributed by atoms with E-state index < -0.39 is 28.0 Å². The first kappa shape index (κ1) is 15.1. The summed E-state index contributed by atoms with van der Waals surface area (Å²) >= 11 is 0. The van der Waals surface area contributed by atoms with Crippen LogP contribution in [0, 0.1) is 0 Å². The smallest absolute Gasteiger partial charge is 0.321 e. The van der Waals surface area contributed by atoms with Crippen molar-refractivity contribution in [1.29, 1.82) is 0 Å². The summed E-state index contributed by atoms with van der Waals surface area (Å²) in [6, 6.07) is 0. The highest BCUT2D eigenvalue weighted by Gasteiger charge is 2.24. The lowest BCUT2D eigenvalue weighted by molar-refractivity contribution is -0.143. The maximum Gasteiger partial charge on any atom is 0.321 e. The maximum atomic E-state index is 11.6. The molecule has 0 radical (unpaired) electrons. The molecule has 0 amide bonds. The van der Waals surface area contributed by atoms with Gasteiger partial charge < -0.3 is 9.84 Å². The Kier molecular flexibility index (Phi) is 7.80. The lowest BCUT2D eigenvalue weighted by atomic mass is 10.3. The van der Waals surface area contributed by atoms with Crippen molar-refractivity contribution in [3.63, 3.8) is 0 Å². The first-order chi connectivity index (χ1) is 7.52. The fraction of sp³-hybridized carbons (Fsp3) is 0.800. The van der Waals surface area contributed by atoms with Crippen molar-refractivity contribution >= 4 is 22.7 Å². The summed E-state index contributed by atoms with van der Waals surface area (Å²) in [4.78, 5) is 21.8. The molecule has 0 aromatic rings. The molecule has 0 aliphatic rings. The Labute approximate surface area is 97.6 Å². The Bertz CT molecular complexity index is 264. The second-order valence-corrected chi connectivity index (χ2v) is 5.03. The third kappa shape index (κ3) is 5.85. The van der Waals surface area contributed by atoms with E-state index in [-0.39, 0.29) is 12.2 Å². The van der Waals surface area contributed by atoms with Gasteiger partial charge >= 0.3 is 11.9 Å². The van der Waals surface area contributed by atoms with Gasteiger partial charge in [0.1, 0.15) is 5.25 Å². The van der Waals surface area contributed by atoms with E-state index in [0.29, 0.717) is 19.4 Å². The molecular formula is C10H18O5S. The van der Waals surface area contributed by atoms with Gasteiger partial charge in [0.25, 0.3) is 0 Å². The normalized spacial score (nSPS) is 14.1. The molecule has 0 aromatic carbocycles. The number of ether oxygens (including phenoxy) is 1. The number of carboxylic acids is 1. The molecule has 6 heteroatoms. The second-order valence-electron chi connectivity index (χ2n) is 3.29. The van der Waals surface area contributed by atoms with E-state index in [4.69, 9.17) is 9.84 Å². The number of esters is 1. The Morgan fingerprint density at radius 1 is 1.38 bits per heavy atom. The topological polar surface area (TPSA) is 80.7 Å². The average Bonchev–Trinajstić information content (AvgIpc) is 2.24. The highest BCUT2D eigenvalue weighted by atomic mass is 32.2. The predicted octanol–water partition coefficient (Wildman–Crippen LogP) is 0.942. The maximum absolute atomic E-state index is 11.6. The van der Waals surface area contributed by atoms with Crippen LogP contribution in [0.5, 0.6) is 0 Å². The number of hydrogen-bond acceptors (Lipinski definition) is 4. The second kappa shape index (κ2) is 8.27. The molecule has 0 spiro atoms. The molecule has 0 aliphatic heterocycles. The minimum atomic E-state index is -1.47. The Hall–Kier alpha value is -0.910. The standard InChI is InChI=1S/C10H18O5S/c1-3-6-15-10(13)8(4-2)16(14)7-5-9(11)12/h8H,3-7H2,1-2H3,(H,11,12). The molecule has 94 valence electrons. The molecular weight excluding hydrogens is 232 g/mol. The predicted molar refractivity (Wildman–Crippen MR) is 60.6 cm³/mol. The zero-order chi connectivity index (χ0) is 12.6. The Morgan fingerprint density at radius 3 is 2.44 bits per heavy atom. The van der Waals surface area contributed by atoms with Crippen molar-refractivity contribution in [1.82, 2.24) is 0 Å². The quantitative estimate of drug-likeness (QED) is 0.648. The molecule has 0 aliphatic carbocycles. The third-order valence-corrected chi connectivity index (χ3v) is 3.68. The largest absolute Gasteiger partial charge is 0.481 e. The van der Waals surface area contributed by atoms with E-state index in [1.54, 1.807) is 6.92 Å². The monoisotopic (exact) mass is 250 g/mol. The van der Waals surface area contributed by atoms with Gasteiger partial charge in [0.15, 0.2) is 0 Å². The summed E-state index contributed by atoms with van der Waals surface area (Å²) < 4.78 is 16.5. The molecule has 0 bridgehead atoms. The van der Waals surface area contributed by atoms with E-state index >= 15 is 0 Å². The molecule has 2 unspecified atom stereocenters. The van der Waals surface area contributed by atoms with Gasteiger partial charge in [0.2, 0.25) is 0 Å². The summed E-state index contributed by atoms with van der Waals surface area (Å²) in [6.45, 7) is 3.91. The lowest BCUT2D eigenvalue weighted by Gasteiger charge is -2.12. The van der Waals surface area contributed by atoms with Crippen LogP contribution < -0.4 is 0 Å². The summed E-state index contributed by atoms with van der Waals surface area (Å²) in [5.41, 5.74) is 0. The molecule has 0 saturated carbocycles. The summed E-state index contributed by atoms with van der Waals surface area (Å²) in [5.74, 6) is -1.51. The van der Waals surface area contributed by atoms with Crippen molar-refractivity contribution in [2.75, 3.05) is 12.4 Å². The summed E-state index contributed by atoms with van der Waals surface area (Å²) in [5, 5.41) is 7.74.